The molecule has 2 heteroatoms. The second kappa shape index (κ2) is 5.31. The van der Waals surface area contributed by atoms with Crippen LogP contribution in [0.2, 0.25) is 0 Å². The average Bonchev–Trinajstić information content (AvgIpc) is 2.50. The Kier molecular flexibility index (Phi) is 4.04. The fourth-order valence-electron chi connectivity index (χ4n) is 2.73. The van der Waals surface area contributed by atoms with Gasteiger partial charge in [-0.25, -0.2) is 0 Å². The van der Waals surface area contributed by atoms with E-state index in [0.29, 0.717) is 6.10 Å². The van der Waals surface area contributed by atoms with Gasteiger partial charge in [0.15, 0.2) is 5.79 Å². The molecule has 0 aliphatic carbocycles. The fraction of sp³-hybridized carbons (Fsp3) is 1.00. The minimum atomic E-state index is -0.172. The Hall–Kier alpha value is -0.0800. The highest BCUT2D eigenvalue weighted by Gasteiger charge is 2.41. The van der Waals surface area contributed by atoms with Crippen molar-refractivity contribution in [3.8, 4) is 0 Å². The lowest BCUT2D eigenvalue weighted by molar-refractivity contribution is -0.174. The van der Waals surface area contributed by atoms with Gasteiger partial charge in [-0.15, -0.1) is 0 Å². The number of ether oxygens (including phenoxy) is 2. The van der Waals surface area contributed by atoms with Gasteiger partial charge in [0, 0.05) is 12.8 Å². The molecule has 88 valence electrons. The van der Waals surface area contributed by atoms with Gasteiger partial charge in [-0.05, 0) is 19.3 Å². The Morgan fingerprint density at radius 3 is 3.00 bits per heavy atom. The Labute approximate surface area is 93.3 Å². The maximum Gasteiger partial charge on any atom is 0.168 e. The standard InChI is InChI=1S/C13H24O2/c1-2-3-4-6-9-13-10-7-5-8-12(15-13)11-14-13/h12H,2-11H2,1H3/t12-,13+/m0/s1. The minimum absolute atomic E-state index is 0.172. The first-order valence-electron chi connectivity index (χ1n) is 6.66. The van der Waals surface area contributed by atoms with Crippen LogP contribution in [0, 0.1) is 0 Å². The number of unbranched alkanes of at least 4 members (excludes halogenated alkanes) is 3. The van der Waals surface area contributed by atoms with Gasteiger partial charge in [0.25, 0.3) is 0 Å². The van der Waals surface area contributed by atoms with Gasteiger partial charge in [0.2, 0.25) is 0 Å². The molecule has 2 bridgehead atoms. The van der Waals surface area contributed by atoms with E-state index in [2.05, 4.69) is 6.92 Å². The van der Waals surface area contributed by atoms with E-state index in [-0.39, 0.29) is 5.79 Å². The van der Waals surface area contributed by atoms with Crippen molar-refractivity contribution in [1.29, 1.82) is 0 Å². The van der Waals surface area contributed by atoms with Gasteiger partial charge in [0.1, 0.15) is 0 Å². The van der Waals surface area contributed by atoms with Crippen LogP contribution in [0.3, 0.4) is 0 Å². The smallest absolute Gasteiger partial charge is 0.168 e. The number of hydrogen-bond donors (Lipinski definition) is 0. The summed E-state index contributed by atoms with van der Waals surface area (Å²) in [4.78, 5) is 0. The number of fused-ring (bicyclic) bond motifs is 2. The third-order valence-corrected chi connectivity index (χ3v) is 3.66. The Morgan fingerprint density at radius 2 is 2.13 bits per heavy atom. The molecule has 0 unspecified atom stereocenters. The molecular weight excluding hydrogens is 188 g/mol. The van der Waals surface area contributed by atoms with Crippen molar-refractivity contribution in [1.82, 2.24) is 0 Å². The van der Waals surface area contributed by atoms with Crippen LogP contribution in [0.25, 0.3) is 0 Å². The van der Waals surface area contributed by atoms with Gasteiger partial charge in [-0.3, -0.25) is 0 Å². The molecule has 2 heterocycles. The van der Waals surface area contributed by atoms with Crippen molar-refractivity contribution in [2.24, 2.45) is 0 Å². The second-order valence-corrected chi connectivity index (χ2v) is 5.02. The van der Waals surface area contributed by atoms with E-state index in [9.17, 15) is 0 Å². The van der Waals surface area contributed by atoms with Crippen molar-refractivity contribution in [3.05, 3.63) is 0 Å². The van der Waals surface area contributed by atoms with Crippen molar-refractivity contribution >= 4 is 0 Å². The monoisotopic (exact) mass is 212 g/mol. The summed E-state index contributed by atoms with van der Waals surface area (Å²) in [5, 5.41) is 0. The largest absolute Gasteiger partial charge is 0.347 e. The summed E-state index contributed by atoms with van der Waals surface area (Å²) in [5.74, 6) is -0.172. The zero-order valence-electron chi connectivity index (χ0n) is 9.96. The lowest BCUT2D eigenvalue weighted by Crippen LogP contribution is -2.29. The molecule has 0 amide bonds. The minimum Gasteiger partial charge on any atom is -0.347 e. The van der Waals surface area contributed by atoms with E-state index in [1.807, 2.05) is 0 Å². The number of rotatable bonds is 5. The Morgan fingerprint density at radius 1 is 1.20 bits per heavy atom. The topological polar surface area (TPSA) is 18.5 Å². The van der Waals surface area contributed by atoms with Crippen LogP contribution in [0.15, 0.2) is 0 Å². The van der Waals surface area contributed by atoms with Crippen LogP contribution >= 0.6 is 0 Å². The molecule has 0 aromatic heterocycles. The summed E-state index contributed by atoms with van der Waals surface area (Å²) in [5.41, 5.74) is 0. The van der Waals surface area contributed by atoms with Crippen molar-refractivity contribution < 1.29 is 9.47 Å². The maximum absolute atomic E-state index is 6.07. The number of hydrogen-bond acceptors (Lipinski definition) is 2. The second-order valence-electron chi connectivity index (χ2n) is 5.02. The van der Waals surface area contributed by atoms with Crippen molar-refractivity contribution in [2.45, 2.75) is 76.6 Å². The zero-order valence-corrected chi connectivity index (χ0v) is 9.96. The molecule has 2 aliphatic heterocycles. The zero-order chi connectivity index (χ0) is 10.6. The molecule has 2 rings (SSSR count). The molecule has 2 fully saturated rings. The summed E-state index contributed by atoms with van der Waals surface area (Å²) in [6.07, 6.45) is 11.7. The molecule has 2 aliphatic rings. The highest BCUT2D eigenvalue weighted by atomic mass is 16.7. The molecule has 2 atom stereocenters. The van der Waals surface area contributed by atoms with Gasteiger partial charge < -0.3 is 9.47 Å². The van der Waals surface area contributed by atoms with Crippen LogP contribution in [0.1, 0.15) is 64.7 Å². The highest BCUT2D eigenvalue weighted by molar-refractivity contribution is 4.82. The summed E-state index contributed by atoms with van der Waals surface area (Å²) in [6, 6.07) is 0. The van der Waals surface area contributed by atoms with E-state index in [0.717, 1.165) is 19.4 Å². The lowest BCUT2D eigenvalue weighted by atomic mass is 10.0. The van der Waals surface area contributed by atoms with Gasteiger partial charge in [-0.1, -0.05) is 32.6 Å². The summed E-state index contributed by atoms with van der Waals surface area (Å²) in [7, 11) is 0. The Balaban J connectivity index is 1.77. The molecule has 15 heavy (non-hydrogen) atoms. The predicted octanol–water partition coefficient (Wildman–Crippen LogP) is 3.64. The predicted molar refractivity (Wildman–Crippen MR) is 60.8 cm³/mol. The molecule has 0 aromatic carbocycles. The molecule has 0 aromatic rings. The first kappa shape index (κ1) is 11.4. The Bertz CT molecular complexity index is 193. The van der Waals surface area contributed by atoms with Crippen molar-refractivity contribution in [3.63, 3.8) is 0 Å². The molecular formula is C13H24O2. The summed E-state index contributed by atoms with van der Waals surface area (Å²) < 4.78 is 12.0. The van der Waals surface area contributed by atoms with Crippen LogP contribution in [-0.2, 0) is 9.47 Å². The van der Waals surface area contributed by atoms with Crippen molar-refractivity contribution in [2.75, 3.05) is 6.61 Å². The first-order chi connectivity index (χ1) is 7.35. The normalized spacial score (nSPS) is 35.4. The molecule has 2 nitrogen and oxygen atoms in total. The molecule has 0 saturated carbocycles. The van der Waals surface area contributed by atoms with Crippen LogP contribution in [0.5, 0.6) is 0 Å². The van der Waals surface area contributed by atoms with Gasteiger partial charge in [0.05, 0.1) is 12.7 Å². The fourth-order valence-corrected chi connectivity index (χ4v) is 2.73. The quantitative estimate of drug-likeness (QED) is 0.648. The van der Waals surface area contributed by atoms with E-state index in [1.165, 1.54) is 44.9 Å². The molecule has 2 saturated heterocycles. The van der Waals surface area contributed by atoms with Crippen LogP contribution in [0.4, 0.5) is 0 Å². The van der Waals surface area contributed by atoms with Crippen LogP contribution in [-0.4, -0.2) is 18.5 Å². The van der Waals surface area contributed by atoms with Gasteiger partial charge >= 0.3 is 0 Å². The maximum atomic E-state index is 6.07. The SMILES string of the molecule is CCCCCC[C@@]12CCCC[C@@H](CO1)O2. The third kappa shape index (κ3) is 2.94. The summed E-state index contributed by atoms with van der Waals surface area (Å²) in [6.45, 7) is 3.09. The van der Waals surface area contributed by atoms with E-state index >= 15 is 0 Å². The van der Waals surface area contributed by atoms with Crippen LogP contribution < -0.4 is 0 Å². The van der Waals surface area contributed by atoms with E-state index in [1.54, 1.807) is 0 Å². The first-order valence-corrected chi connectivity index (χ1v) is 6.66. The molecule has 0 radical (unpaired) electrons. The lowest BCUT2D eigenvalue weighted by Gasteiger charge is -2.26. The average molecular weight is 212 g/mol. The molecule has 0 N–H and O–H groups in total. The summed E-state index contributed by atoms with van der Waals surface area (Å²) >= 11 is 0. The van der Waals surface area contributed by atoms with Gasteiger partial charge in [-0.2, -0.15) is 0 Å². The highest BCUT2D eigenvalue weighted by Crippen LogP contribution is 2.38. The van der Waals surface area contributed by atoms with E-state index < -0.39 is 0 Å². The third-order valence-electron chi connectivity index (χ3n) is 3.66. The van der Waals surface area contributed by atoms with E-state index in [4.69, 9.17) is 9.47 Å². The molecule has 0 spiro atoms.